The lowest BCUT2D eigenvalue weighted by molar-refractivity contribution is -0.138. The van der Waals surface area contributed by atoms with Crippen LogP contribution in [-0.2, 0) is 11.3 Å². The molecule has 0 saturated heterocycles. The molecule has 1 amide bonds. The molecule has 2 fully saturated rings. The van der Waals surface area contributed by atoms with E-state index in [4.69, 9.17) is 4.98 Å². The highest BCUT2D eigenvalue weighted by Crippen LogP contribution is 2.33. The minimum absolute atomic E-state index is 0.256. The minimum Gasteiger partial charge on any atom is -0.335 e. The molecule has 2 aliphatic carbocycles. The van der Waals surface area contributed by atoms with Gasteiger partial charge in [-0.15, -0.1) is 0 Å². The van der Waals surface area contributed by atoms with Crippen LogP contribution in [0.2, 0.25) is 0 Å². The first-order valence-electron chi connectivity index (χ1n) is 13.4. The molecular formula is C30H34N4O. The summed E-state index contributed by atoms with van der Waals surface area (Å²) in [4.78, 5) is 26.1. The molecule has 2 saturated carbocycles. The van der Waals surface area contributed by atoms with Crippen LogP contribution in [-0.4, -0.2) is 37.4 Å². The summed E-state index contributed by atoms with van der Waals surface area (Å²) in [6, 6.07) is 19.2. The first kappa shape index (κ1) is 22.3. The third-order valence-corrected chi connectivity index (χ3v) is 8.06. The molecule has 0 N–H and O–H groups in total. The van der Waals surface area contributed by atoms with Gasteiger partial charge in [0.15, 0.2) is 0 Å². The summed E-state index contributed by atoms with van der Waals surface area (Å²) >= 11 is 0. The Morgan fingerprint density at radius 2 is 1.43 bits per heavy atom. The largest absolute Gasteiger partial charge is 0.335 e. The number of amides is 1. The van der Waals surface area contributed by atoms with Gasteiger partial charge in [0.2, 0.25) is 5.91 Å². The number of carbonyl (C=O) groups excluding carboxylic acids is 1. The topological polar surface area (TPSA) is 51.0 Å². The normalized spacial score (nSPS) is 17.7. The molecule has 0 bridgehead atoms. The first-order chi connectivity index (χ1) is 17.3. The molecule has 2 aliphatic rings. The first-order valence-corrected chi connectivity index (χ1v) is 13.4. The number of pyridine rings is 1. The van der Waals surface area contributed by atoms with E-state index in [9.17, 15) is 4.79 Å². The second-order valence-electron chi connectivity index (χ2n) is 10.3. The Hall–Kier alpha value is -3.21. The van der Waals surface area contributed by atoms with Gasteiger partial charge in [0.25, 0.3) is 0 Å². The number of para-hydroxylation sites is 3. The number of nitrogens with zero attached hydrogens (tertiary/aromatic N) is 4. The van der Waals surface area contributed by atoms with Crippen LogP contribution in [0.25, 0.3) is 33.3 Å². The predicted octanol–water partition coefficient (Wildman–Crippen LogP) is 6.75. The SMILES string of the molecule is O=C(Cn1c(-c2ccnc3ccccc23)nc2ccccc21)N(C1CCCCC1)C1CCCCC1. The highest BCUT2D eigenvalue weighted by atomic mass is 16.2. The number of rotatable bonds is 5. The lowest BCUT2D eigenvalue weighted by Gasteiger charge is -2.42. The Morgan fingerprint density at radius 3 is 2.14 bits per heavy atom. The van der Waals surface area contributed by atoms with Crippen LogP contribution in [0.15, 0.2) is 60.8 Å². The highest BCUT2D eigenvalue weighted by molar-refractivity contribution is 5.95. The van der Waals surface area contributed by atoms with Crippen molar-refractivity contribution in [2.45, 2.75) is 82.8 Å². The highest BCUT2D eigenvalue weighted by Gasteiger charge is 2.33. The summed E-state index contributed by atoms with van der Waals surface area (Å²) in [7, 11) is 0. The standard InChI is InChI=1S/C30H34N4O/c35-29(34(22-11-3-1-4-12-22)23-13-5-2-6-14-23)21-33-28-18-10-9-17-27(28)32-30(33)25-19-20-31-26-16-8-7-15-24(25)26/h7-10,15-20,22-23H,1-6,11-14,21H2. The fourth-order valence-electron chi connectivity index (χ4n) is 6.37. The number of fused-ring (bicyclic) bond motifs is 2. The Balaban J connectivity index is 1.42. The molecule has 5 heteroatoms. The second kappa shape index (κ2) is 9.80. The molecule has 2 heterocycles. The summed E-state index contributed by atoms with van der Waals surface area (Å²) in [6.45, 7) is 0.333. The van der Waals surface area contributed by atoms with Gasteiger partial charge in [0, 0.05) is 29.2 Å². The number of aromatic nitrogens is 3. The fourth-order valence-corrected chi connectivity index (χ4v) is 6.37. The Kier molecular flexibility index (Phi) is 6.24. The Morgan fingerprint density at radius 1 is 0.800 bits per heavy atom. The van der Waals surface area contributed by atoms with Crippen LogP contribution in [0, 0.1) is 0 Å². The molecule has 2 aromatic carbocycles. The second-order valence-corrected chi connectivity index (χ2v) is 10.3. The van der Waals surface area contributed by atoms with Gasteiger partial charge in [-0.2, -0.15) is 0 Å². The van der Waals surface area contributed by atoms with Crippen LogP contribution in [0.4, 0.5) is 0 Å². The average molecular weight is 467 g/mol. The van der Waals surface area contributed by atoms with E-state index >= 15 is 0 Å². The van der Waals surface area contributed by atoms with Crippen molar-refractivity contribution < 1.29 is 4.79 Å². The molecule has 0 radical (unpaired) electrons. The lowest BCUT2D eigenvalue weighted by atomic mass is 9.88. The zero-order valence-corrected chi connectivity index (χ0v) is 20.4. The van der Waals surface area contributed by atoms with E-state index in [1.54, 1.807) is 0 Å². The zero-order valence-electron chi connectivity index (χ0n) is 20.4. The summed E-state index contributed by atoms with van der Waals surface area (Å²) in [5.74, 6) is 1.11. The van der Waals surface area contributed by atoms with Gasteiger partial charge in [-0.25, -0.2) is 4.98 Å². The number of hydrogen-bond acceptors (Lipinski definition) is 3. The molecule has 0 atom stereocenters. The molecule has 4 aromatic rings. The maximum atomic E-state index is 14.2. The van der Waals surface area contributed by atoms with Crippen molar-refractivity contribution in [3.63, 3.8) is 0 Å². The van der Waals surface area contributed by atoms with Gasteiger partial charge >= 0.3 is 0 Å². The molecule has 0 aliphatic heterocycles. The molecule has 180 valence electrons. The molecule has 2 aromatic heterocycles. The van der Waals surface area contributed by atoms with E-state index in [0.29, 0.717) is 18.6 Å². The van der Waals surface area contributed by atoms with E-state index in [1.807, 2.05) is 48.7 Å². The van der Waals surface area contributed by atoms with E-state index in [-0.39, 0.29) is 5.91 Å². The van der Waals surface area contributed by atoms with Crippen LogP contribution in [0.1, 0.15) is 64.2 Å². The van der Waals surface area contributed by atoms with Gasteiger partial charge in [0.1, 0.15) is 12.4 Å². The van der Waals surface area contributed by atoms with Crippen LogP contribution in [0.3, 0.4) is 0 Å². The number of carbonyl (C=O) groups is 1. The summed E-state index contributed by atoms with van der Waals surface area (Å²) < 4.78 is 2.15. The van der Waals surface area contributed by atoms with Crippen LogP contribution in [0.5, 0.6) is 0 Å². The number of benzene rings is 2. The monoisotopic (exact) mass is 466 g/mol. The summed E-state index contributed by atoms with van der Waals surface area (Å²) in [5.41, 5.74) is 3.92. The molecule has 6 rings (SSSR count). The van der Waals surface area contributed by atoms with Crippen molar-refractivity contribution >= 4 is 27.8 Å². The smallest absolute Gasteiger partial charge is 0.243 e. The maximum Gasteiger partial charge on any atom is 0.243 e. The van der Waals surface area contributed by atoms with Crippen molar-refractivity contribution in [3.8, 4) is 11.4 Å². The van der Waals surface area contributed by atoms with Crippen LogP contribution >= 0.6 is 0 Å². The van der Waals surface area contributed by atoms with Crippen molar-refractivity contribution in [2.24, 2.45) is 0 Å². The Labute approximate surface area is 207 Å². The maximum absolute atomic E-state index is 14.2. The van der Waals surface area contributed by atoms with Crippen molar-refractivity contribution in [1.29, 1.82) is 0 Å². The lowest BCUT2D eigenvalue weighted by Crippen LogP contribution is -2.50. The molecule has 35 heavy (non-hydrogen) atoms. The fraction of sp³-hybridized carbons (Fsp3) is 0.433. The van der Waals surface area contributed by atoms with Gasteiger partial charge in [-0.3, -0.25) is 9.78 Å². The van der Waals surface area contributed by atoms with E-state index in [1.165, 1.54) is 38.5 Å². The van der Waals surface area contributed by atoms with Gasteiger partial charge in [0.05, 0.1) is 16.6 Å². The van der Waals surface area contributed by atoms with Gasteiger partial charge < -0.3 is 9.47 Å². The zero-order chi connectivity index (χ0) is 23.6. The minimum atomic E-state index is 0.256. The summed E-state index contributed by atoms with van der Waals surface area (Å²) in [6.07, 6.45) is 14.0. The summed E-state index contributed by atoms with van der Waals surface area (Å²) in [5, 5.41) is 1.07. The van der Waals surface area contributed by atoms with Crippen molar-refractivity contribution in [2.75, 3.05) is 0 Å². The van der Waals surface area contributed by atoms with Crippen molar-refractivity contribution in [1.82, 2.24) is 19.4 Å². The van der Waals surface area contributed by atoms with Gasteiger partial charge in [-0.1, -0.05) is 68.9 Å². The number of hydrogen-bond donors (Lipinski definition) is 0. The molecule has 0 spiro atoms. The quantitative estimate of drug-likeness (QED) is 0.327. The van der Waals surface area contributed by atoms with E-state index in [0.717, 1.165) is 59.0 Å². The van der Waals surface area contributed by atoms with Gasteiger partial charge in [-0.05, 0) is 49.9 Å². The Bertz CT molecular complexity index is 1310. The number of imidazole rings is 1. The molecule has 0 unspecified atom stereocenters. The third-order valence-electron chi connectivity index (χ3n) is 8.06. The van der Waals surface area contributed by atoms with Crippen LogP contribution < -0.4 is 0 Å². The van der Waals surface area contributed by atoms with Crippen molar-refractivity contribution in [3.05, 3.63) is 60.8 Å². The predicted molar refractivity (Wildman–Crippen MR) is 141 cm³/mol. The molecular weight excluding hydrogens is 432 g/mol. The van der Waals surface area contributed by atoms with E-state index < -0.39 is 0 Å². The average Bonchev–Trinajstić information content (AvgIpc) is 3.28. The van der Waals surface area contributed by atoms with E-state index in [2.05, 4.69) is 26.6 Å². The third kappa shape index (κ3) is 4.33. The molecule has 5 nitrogen and oxygen atoms in total.